The molecule has 0 spiro atoms. The van der Waals surface area contributed by atoms with E-state index in [0.717, 1.165) is 22.5 Å². The quantitative estimate of drug-likeness (QED) is 0.354. The lowest BCUT2D eigenvalue weighted by Gasteiger charge is -2.06. The second-order valence-electron chi connectivity index (χ2n) is 7.80. The molecular formula is C27H22FN5O2. The molecule has 0 saturated carbocycles. The Morgan fingerprint density at radius 1 is 0.886 bits per heavy atom. The van der Waals surface area contributed by atoms with Gasteiger partial charge in [0.15, 0.2) is 6.73 Å². The van der Waals surface area contributed by atoms with Crippen molar-refractivity contribution < 1.29 is 13.9 Å². The highest BCUT2D eigenvalue weighted by Gasteiger charge is 2.15. The minimum Gasteiger partial charge on any atom is -0.471 e. The summed E-state index contributed by atoms with van der Waals surface area (Å²) in [6.45, 7) is 0.385. The van der Waals surface area contributed by atoms with E-state index >= 15 is 0 Å². The Kier molecular flexibility index (Phi) is 6.34. The minimum absolute atomic E-state index is 0.0981. The zero-order chi connectivity index (χ0) is 24.0. The topological polar surface area (TPSA) is 74.0 Å². The molecule has 174 valence electrons. The Balaban J connectivity index is 1.28. The fourth-order valence-corrected chi connectivity index (χ4v) is 3.58. The molecule has 0 radical (unpaired) electrons. The molecule has 0 atom stereocenters. The van der Waals surface area contributed by atoms with Crippen LogP contribution in [-0.2, 0) is 13.3 Å². The highest BCUT2D eigenvalue weighted by atomic mass is 19.1. The van der Waals surface area contributed by atoms with Crippen molar-refractivity contribution in [2.24, 2.45) is 0 Å². The Bertz CT molecular complexity index is 1410. The third-order valence-electron chi connectivity index (χ3n) is 5.35. The van der Waals surface area contributed by atoms with Gasteiger partial charge in [-0.2, -0.15) is 10.2 Å². The molecule has 0 unspecified atom stereocenters. The van der Waals surface area contributed by atoms with Crippen LogP contribution < -0.4 is 10.1 Å². The van der Waals surface area contributed by atoms with Gasteiger partial charge in [0.2, 0.25) is 0 Å². The van der Waals surface area contributed by atoms with E-state index in [2.05, 4.69) is 10.4 Å². The predicted octanol–water partition coefficient (Wildman–Crippen LogP) is 4.84. The average Bonchev–Trinajstić information content (AvgIpc) is 3.56. The molecule has 0 aliphatic heterocycles. The summed E-state index contributed by atoms with van der Waals surface area (Å²) in [5, 5.41) is 12.0. The van der Waals surface area contributed by atoms with Crippen LogP contribution in [0, 0.1) is 5.82 Å². The molecule has 8 heteroatoms. The fourth-order valence-electron chi connectivity index (χ4n) is 3.58. The molecule has 3 aromatic carbocycles. The van der Waals surface area contributed by atoms with Gasteiger partial charge in [-0.1, -0.05) is 48.5 Å². The van der Waals surface area contributed by atoms with Crippen LogP contribution in [0.3, 0.4) is 0 Å². The third kappa shape index (κ3) is 5.27. The molecule has 0 bridgehead atoms. The van der Waals surface area contributed by atoms with Gasteiger partial charge in [-0.3, -0.25) is 4.79 Å². The van der Waals surface area contributed by atoms with Gasteiger partial charge in [-0.05, 0) is 42.5 Å². The first-order valence-corrected chi connectivity index (χ1v) is 11.0. The second-order valence-corrected chi connectivity index (χ2v) is 7.80. The molecule has 0 aliphatic carbocycles. The standard InChI is InChI=1S/C27H22FN5O2/c28-22-11-13-24(14-12-22)35-19-32-16-15-25(30-32)27(34)29-17-21-18-33(23-9-5-2-6-10-23)31-26(21)20-7-3-1-4-8-20/h1-16,18H,17,19H2,(H,29,34). The molecule has 2 heterocycles. The fraction of sp³-hybridized carbons (Fsp3) is 0.0741. The summed E-state index contributed by atoms with van der Waals surface area (Å²) in [5.41, 5.74) is 3.85. The number of rotatable bonds is 8. The van der Waals surface area contributed by atoms with Gasteiger partial charge in [-0.15, -0.1) is 0 Å². The number of para-hydroxylation sites is 1. The summed E-state index contributed by atoms with van der Waals surface area (Å²) < 4.78 is 21.9. The highest BCUT2D eigenvalue weighted by Crippen LogP contribution is 2.23. The summed E-state index contributed by atoms with van der Waals surface area (Å²) in [4.78, 5) is 12.8. The maximum atomic E-state index is 13.0. The molecule has 1 amide bonds. The first-order valence-electron chi connectivity index (χ1n) is 11.0. The Hall–Kier alpha value is -4.72. The number of nitrogens with zero attached hydrogens (tertiary/aromatic N) is 4. The van der Waals surface area contributed by atoms with Gasteiger partial charge in [-0.25, -0.2) is 13.8 Å². The zero-order valence-corrected chi connectivity index (χ0v) is 18.7. The number of benzene rings is 3. The van der Waals surface area contributed by atoms with Crippen molar-refractivity contribution in [3.05, 3.63) is 120 Å². The largest absolute Gasteiger partial charge is 0.471 e. The molecule has 0 saturated heterocycles. The molecule has 5 rings (SSSR count). The average molecular weight is 468 g/mol. The molecule has 1 N–H and O–H groups in total. The first-order chi connectivity index (χ1) is 17.2. The van der Waals surface area contributed by atoms with Crippen LogP contribution in [0.5, 0.6) is 5.75 Å². The molecule has 2 aromatic heterocycles. The number of amides is 1. The van der Waals surface area contributed by atoms with Crippen LogP contribution >= 0.6 is 0 Å². The monoisotopic (exact) mass is 467 g/mol. The van der Waals surface area contributed by atoms with E-state index in [1.807, 2.05) is 71.5 Å². The number of halogens is 1. The smallest absolute Gasteiger partial charge is 0.272 e. The highest BCUT2D eigenvalue weighted by molar-refractivity contribution is 5.92. The lowest BCUT2D eigenvalue weighted by molar-refractivity contribution is 0.0944. The minimum atomic E-state index is -0.333. The molecular weight excluding hydrogens is 445 g/mol. The number of hydrogen-bond donors (Lipinski definition) is 1. The molecule has 35 heavy (non-hydrogen) atoms. The van der Waals surface area contributed by atoms with Crippen molar-refractivity contribution in [1.29, 1.82) is 0 Å². The van der Waals surface area contributed by atoms with Crippen molar-refractivity contribution in [2.45, 2.75) is 13.3 Å². The second kappa shape index (κ2) is 10.0. The van der Waals surface area contributed by atoms with E-state index in [-0.39, 0.29) is 30.7 Å². The maximum absolute atomic E-state index is 13.0. The molecule has 5 aromatic rings. The van der Waals surface area contributed by atoms with Crippen LogP contribution in [0.4, 0.5) is 4.39 Å². The summed E-state index contributed by atoms with van der Waals surface area (Å²) in [7, 11) is 0. The van der Waals surface area contributed by atoms with Crippen LogP contribution in [0.15, 0.2) is 103 Å². The summed E-state index contributed by atoms with van der Waals surface area (Å²) in [6.07, 6.45) is 3.58. The lowest BCUT2D eigenvalue weighted by Crippen LogP contribution is -2.23. The molecule has 7 nitrogen and oxygen atoms in total. The van der Waals surface area contributed by atoms with Crippen LogP contribution in [-0.4, -0.2) is 25.5 Å². The van der Waals surface area contributed by atoms with Crippen LogP contribution in [0.25, 0.3) is 16.9 Å². The van der Waals surface area contributed by atoms with Crippen molar-refractivity contribution >= 4 is 5.91 Å². The summed E-state index contributed by atoms with van der Waals surface area (Å²) in [5.74, 6) is -0.131. The molecule has 0 aliphatic rings. The summed E-state index contributed by atoms with van der Waals surface area (Å²) in [6, 6.07) is 27.0. The normalized spacial score (nSPS) is 10.8. The third-order valence-corrected chi connectivity index (χ3v) is 5.35. The predicted molar refractivity (Wildman–Crippen MR) is 129 cm³/mol. The van der Waals surface area contributed by atoms with E-state index in [1.54, 1.807) is 12.3 Å². The van der Waals surface area contributed by atoms with Crippen molar-refractivity contribution in [1.82, 2.24) is 24.9 Å². The van der Waals surface area contributed by atoms with E-state index in [4.69, 9.17) is 9.84 Å². The summed E-state index contributed by atoms with van der Waals surface area (Å²) >= 11 is 0. The number of carbonyl (C=O) groups excluding carboxylic acids is 1. The van der Waals surface area contributed by atoms with Crippen molar-refractivity contribution in [3.63, 3.8) is 0 Å². The van der Waals surface area contributed by atoms with Gasteiger partial charge >= 0.3 is 0 Å². The van der Waals surface area contributed by atoms with E-state index in [9.17, 15) is 9.18 Å². The number of carbonyl (C=O) groups is 1. The van der Waals surface area contributed by atoms with Crippen molar-refractivity contribution in [3.8, 4) is 22.7 Å². The van der Waals surface area contributed by atoms with Crippen molar-refractivity contribution in [2.75, 3.05) is 0 Å². The number of nitrogens with one attached hydrogen (secondary N) is 1. The number of ether oxygens (including phenoxy) is 1. The Labute approximate surface area is 201 Å². The Morgan fingerprint density at radius 2 is 1.60 bits per heavy atom. The van der Waals surface area contributed by atoms with E-state index < -0.39 is 0 Å². The van der Waals surface area contributed by atoms with Gasteiger partial charge in [0.1, 0.15) is 17.3 Å². The number of hydrogen-bond acceptors (Lipinski definition) is 4. The first kappa shape index (κ1) is 22.1. The van der Waals surface area contributed by atoms with Gasteiger partial charge in [0.05, 0.1) is 11.4 Å². The SMILES string of the molecule is O=C(NCc1cn(-c2ccccc2)nc1-c1ccccc1)c1ccn(COc2ccc(F)cc2)n1. The van der Waals surface area contributed by atoms with Crippen LogP contribution in [0.2, 0.25) is 0 Å². The lowest BCUT2D eigenvalue weighted by atomic mass is 10.1. The van der Waals surface area contributed by atoms with E-state index in [1.165, 1.54) is 28.9 Å². The maximum Gasteiger partial charge on any atom is 0.272 e. The van der Waals surface area contributed by atoms with Gasteiger partial charge in [0, 0.05) is 30.1 Å². The zero-order valence-electron chi connectivity index (χ0n) is 18.7. The van der Waals surface area contributed by atoms with Crippen LogP contribution in [0.1, 0.15) is 16.1 Å². The van der Waals surface area contributed by atoms with E-state index in [0.29, 0.717) is 5.75 Å². The Morgan fingerprint density at radius 3 is 2.34 bits per heavy atom. The van der Waals surface area contributed by atoms with Gasteiger partial charge in [0.25, 0.3) is 5.91 Å². The van der Waals surface area contributed by atoms with Gasteiger partial charge < -0.3 is 10.1 Å². The molecule has 0 fully saturated rings. The number of aromatic nitrogens is 4.